The Kier molecular flexibility index (Phi) is 4.43. The maximum Gasteiger partial charge on any atom is 0.322 e. The zero-order valence-electron chi connectivity index (χ0n) is 9.78. The van der Waals surface area contributed by atoms with Crippen molar-refractivity contribution in [3.8, 4) is 12.0 Å². The van der Waals surface area contributed by atoms with Crippen LogP contribution in [0.5, 0.6) is 6.01 Å². The molecule has 2 aromatic rings. The lowest BCUT2D eigenvalue weighted by molar-refractivity contribution is 0.168. The predicted molar refractivity (Wildman–Crippen MR) is 63.9 cm³/mol. The second-order valence-electron chi connectivity index (χ2n) is 3.35. The van der Waals surface area contributed by atoms with Gasteiger partial charge in [0.1, 0.15) is 6.33 Å². The summed E-state index contributed by atoms with van der Waals surface area (Å²) in [5, 5.41) is 0.0791. The molecule has 0 amide bonds. The smallest absolute Gasteiger partial charge is 0.322 e. The van der Waals surface area contributed by atoms with Crippen LogP contribution >= 0.6 is 11.6 Å². The highest BCUT2D eigenvalue weighted by atomic mass is 35.5. The van der Waals surface area contributed by atoms with E-state index >= 15 is 0 Å². The lowest BCUT2D eigenvalue weighted by Crippen LogP contribution is -2.07. The largest absolute Gasteiger partial charge is 0.463 e. The van der Waals surface area contributed by atoms with Crippen LogP contribution in [-0.4, -0.2) is 44.8 Å². The van der Waals surface area contributed by atoms with Gasteiger partial charge in [0.2, 0.25) is 11.2 Å². The van der Waals surface area contributed by atoms with Crippen LogP contribution < -0.4 is 4.74 Å². The molecule has 0 bridgehead atoms. The number of nitrogens with zero attached hydrogens (tertiary/aromatic N) is 5. The second-order valence-corrected chi connectivity index (χ2v) is 3.69. The third-order valence-corrected chi connectivity index (χ3v) is 2.20. The first-order valence-corrected chi connectivity index (χ1v) is 5.69. The van der Waals surface area contributed by atoms with E-state index in [1.807, 2.05) is 0 Å². The average molecular weight is 270 g/mol. The standard InChI is InChI=1S/C10H12ClN5O2/c1-17-5-2-6-18-10-14-8(11)13-9(15-10)16-4-3-12-7-16/h3-4,7H,2,5-6H2,1H3. The minimum Gasteiger partial charge on any atom is -0.463 e. The van der Waals surface area contributed by atoms with Crippen molar-refractivity contribution in [3.05, 3.63) is 24.0 Å². The number of ether oxygens (including phenoxy) is 2. The molecule has 2 rings (SSSR count). The van der Waals surface area contributed by atoms with Crippen molar-refractivity contribution in [1.82, 2.24) is 24.5 Å². The first kappa shape index (κ1) is 12.7. The predicted octanol–water partition coefficient (Wildman–Crippen LogP) is 1.13. The second kappa shape index (κ2) is 6.27. The molecule has 0 aliphatic carbocycles. The number of imidazole rings is 1. The van der Waals surface area contributed by atoms with Crippen molar-refractivity contribution in [2.45, 2.75) is 6.42 Å². The van der Waals surface area contributed by atoms with Gasteiger partial charge in [0, 0.05) is 32.5 Å². The summed E-state index contributed by atoms with van der Waals surface area (Å²) < 4.78 is 11.9. The molecule has 0 saturated heterocycles. The summed E-state index contributed by atoms with van der Waals surface area (Å²) in [4.78, 5) is 15.9. The SMILES string of the molecule is COCCCOc1nc(Cl)nc(-n2ccnc2)n1. The Labute approximate surface area is 109 Å². The number of hydrogen-bond acceptors (Lipinski definition) is 6. The molecule has 96 valence electrons. The third-order valence-electron chi connectivity index (χ3n) is 2.04. The van der Waals surface area contributed by atoms with Crippen LogP contribution in [0.15, 0.2) is 18.7 Å². The molecule has 0 aliphatic heterocycles. The average Bonchev–Trinajstić information content (AvgIpc) is 2.88. The van der Waals surface area contributed by atoms with Crippen LogP contribution in [0.4, 0.5) is 0 Å². The van der Waals surface area contributed by atoms with Gasteiger partial charge in [-0.25, -0.2) is 4.98 Å². The first-order valence-electron chi connectivity index (χ1n) is 5.31. The Morgan fingerprint density at radius 1 is 1.28 bits per heavy atom. The Balaban J connectivity index is 2.07. The van der Waals surface area contributed by atoms with Crippen LogP contribution in [-0.2, 0) is 4.74 Å². The molecule has 0 aliphatic rings. The van der Waals surface area contributed by atoms with Crippen LogP contribution in [0, 0.1) is 0 Å². The van der Waals surface area contributed by atoms with Crippen LogP contribution in [0.2, 0.25) is 5.28 Å². The van der Waals surface area contributed by atoms with Gasteiger partial charge in [-0.15, -0.1) is 0 Å². The van der Waals surface area contributed by atoms with E-state index in [0.29, 0.717) is 19.2 Å². The molecule has 0 aromatic carbocycles. The fourth-order valence-corrected chi connectivity index (χ4v) is 1.39. The molecule has 8 heteroatoms. The minimum atomic E-state index is 0.0791. The van der Waals surface area contributed by atoms with E-state index in [9.17, 15) is 0 Å². The third kappa shape index (κ3) is 3.38. The molecule has 0 spiro atoms. The molecule has 2 aromatic heterocycles. The molecular formula is C10H12ClN5O2. The van der Waals surface area contributed by atoms with Gasteiger partial charge in [-0.05, 0) is 11.6 Å². The van der Waals surface area contributed by atoms with Crippen molar-refractivity contribution < 1.29 is 9.47 Å². The molecule has 0 fully saturated rings. The lowest BCUT2D eigenvalue weighted by Gasteiger charge is -2.06. The quantitative estimate of drug-likeness (QED) is 0.732. The minimum absolute atomic E-state index is 0.0791. The molecule has 0 N–H and O–H groups in total. The highest BCUT2D eigenvalue weighted by Crippen LogP contribution is 2.11. The normalized spacial score (nSPS) is 10.6. The topological polar surface area (TPSA) is 75.0 Å². The van der Waals surface area contributed by atoms with Crippen molar-refractivity contribution in [1.29, 1.82) is 0 Å². The Bertz CT molecular complexity index is 491. The van der Waals surface area contributed by atoms with Crippen molar-refractivity contribution in [3.63, 3.8) is 0 Å². The lowest BCUT2D eigenvalue weighted by atomic mass is 10.5. The van der Waals surface area contributed by atoms with Crippen LogP contribution in [0.1, 0.15) is 6.42 Å². The Morgan fingerprint density at radius 3 is 2.89 bits per heavy atom. The van der Waals surface area contributed by atoms with Gasteiger partial charge in [-0.3, -0.25) is 4.57 Å². The molecule has 0 radical (unpaired) electrons. The summed E-state index contributed by atoms with van der Waals surface area (Å²) in [5.74, 6) is 0.370. The van der Waals surface area contributed by atoms with E-state index in [2.05, 4.69) is 19.9 Å². The number of rotatable bonds is 6. The maximum atomic E-state index is 5.81. The fourth-order valence-electron chi connectivity index (χ4n) is 1.25. The van der Waals surface area contributed by atoms with Crippen molar-refractivity contribution in [2.75, 3.05) is 20.3 Å². The van der Waals surface area contributed by atoms with E-state index in [0.717, 1.165) is 6.42 Å². The van der Waals surface area contributed by atoms with Gasteiger partial charge in [-0.2, -0.15) is 15.0 Å². The van der Waals surface area contributed by atoms with E-state index in [4.69, 9.17) is 21.1 Å². The fraction of sp³-hybridized carbons (Fsp3) is 0.400. The van der Waals surface area contributed by atoms with Crippen molar-refractivity contribution >= 4 is 11.6 Å². The van der Waals surface area contributed by atoms with E-state index in [1.54, 1.807) is 30.4 Å². The number of aromatic nitrogens is 5. The zero-order valence-corrected chi connectivity index (χ0v) is 10.5. The van der Waals surface area contributed by atoms with E-state index < -0.39 is 0 Å². The zero-order chi connectivity index (χ0) is 12.8. The number of hydrogen-bond donors (Lipinski definition) is 0. The van der Waals surface area contributed by atoms with Gasteiger partial charge in [0.15, 0.2) is 0 Å². The summed E-state index contributed by atoms with van der Waals surface area (Å²) in [6.07, 6.45) is 5.65. The summed E-state index contributed by atoms with van der Waals surface area (Å²) in [6.45, 7) is 1.07. The molecule has 0 unspecified atom stereocenters. The summed E-state index contributed by atoms with van der Waals surface area (Å²) in [5.41, 5.74) is 0. The molecular weight excluding hydrogens is 258 g/mol. The molecule has 7 nitrogen and oxygen atoms in total. The van der Waals surface area contributed by atoms with Gasteiger partial charge >= 0.3 is 6.01 Å². The maximum absolute atomic E-state index is 5.81. The monoisotopic (exact) mass is 269 g/mol. The molecule has 2 heterocycles. The van der Waals surface area contributed by atoms with E-state index in [1.165, 1.54) is 0 Å². The number of methoxy groups -OCH3 is 1. The van der Waals surface area contributed by atoms with Crippen molar-refractivity contribution in [2.24, 2.45) is 0 Å². The summed E-state index contributed by atoms with van der Waals surface area (Å²) in [7, 11) is 1.64. The van der Waals surface area contributed by atoms with E-state index in [-0.39, 0.29) is 11.3 Å². The van der Waals surface area contributed by atoms with Crippen LogP contribution in [0.25, 0.3) is 5.95 Å². The molecule has 18 heavy (non-hydrogen) atoms. The van der Waals surface area contributed by atoms with Gasteiger partial charge in [0.05, 0.1) is 6.61 Å². The summed E-state index contributed by atoms with van der Waals surface area (Å²) in [6, 6.07) is 0.190. The molecule has 0 saturated carbocycles. The first-order chi connectivity index (χ1) is 8.79. The van der Waals surface area contributed by atoms with Gasteiger partial charge in [0.25, 0.3) is 0 Å². The molecule has 0 atom stereocenters. The highest BCUT2D eigenvalue weighted by Gasteiger charge is 2.07. The number of halogens is 1. The Morgan fingerprint density at radius 2 is 2.17 bits per heavy atom. The highest BCUT2D eigenvalue weighted by molar-refractivity contribution is 6.28. The Hall–Kier alpha value is -1.73. The van der Waals surface area contributed by atoms with Crippen LogP contribution in [0.3, 0.4) is 0 Å². The summed E-state index contributed by atoms with van der Waals surface area (Å²) >= 11 is 5.81. The van der Waals surface area contributed by atoms with Gasteiger partial charge in [-0.1, -0.05) is 0 Å². The van der Waals surface area contributed by atoms with Gasteiger partial charge < -0.3 is 9.47 Å².